The SMILES string of the molecule is CC(C)(C)c1cc(NC(=O)Nc2ccc(Oc3ccnc(Nc4ccc5c(c4)CC(=O)C5)n3)c3ccccc23)n(-c2ccc(OCCN3CCOCC3)nc2)n1. The first kappa shape index (κ1) is 36.6. The van der Waals surface area contributed by atoms with Gasteiger partial charge in [0.15, 0.2) is 0 Å². The van der Waals surface area contributed by atoms with Crippen LogP contribution in [-0.2, 0) is 27.8 Å². The Bertz CT molecular complexity index is 2380. The molecule has 56 heavy (non-hydrogen) atoms. The Labute approximate surface area is 324 Å². The molecule has 4 heterocycles. The molecule has 3 N–H and O–H groups in total. The van der Waals surface area contributed by atoms with E-state index in [0.717, 1.165) is 66.1 Å². The number of rotatable bonds is 11. The Morgan fingerprint density at radius 2 is 1.70 bits per heavy atom. The van der Waals surface area contributed by atoms with Crippen molar-refractivity contribution >= 4 is 45.7 Å². The number of pyridine rings is 1. The van der Waals surface area contributed by atoms with Crippen molar-refractivity contribution in [2.45, 2.75) is 39.0 Å². The van der Waals surface area contributed by atoms with Crippen LogP contribution in [0.1, 0.15) is 37.6 Å². The quantitative estimate of drug-likeness (QED) is 0.124. The van der Waals surface area contributed by atoms with Crippen LogP contribution in [0.5, 0.6) is 17.5 Å². The summed E-state index contributed by atoms with van der Waals surface area (Å²) in [6, 6.07) is 23.9. The van der Waals surface area contributed by atoms with E-state index in [1.165, 1.54) is 0 Å². The van der Waals surface area contributed by atoms with Gasteiger partial charge in [-0.1, -0.05) is 51.1 Å². The van der Waals surface area contributed by atoms with Crippen molar-refractivity contribution in [2.75, 3.05) is 55.4 Å². The zero-order valence-corrected chi connectivity index (χ0v) is 31.5. The molecule has 14 heteroatoms. The second-order valence-corrected chi connectivity index (χ2v) is 14.8. The number of fused-ring (bicyclic) bond motifs is 2. The van der Waals surface area contributed by atoms with Crippen molar-refractivity contribution in [1.82, 2.24) is 29.6 Å². The topological polar surface area (TPSA) is 158 Å². The number of carbonyl (C=O) groups is 2. The summed E-state index contributed by atoms with van der Waals surface area (Å²) >= 11 is 0. The first-order valence-corrected chi connectivity index (χ1v) is 18.7. The third-order valence-corrected chi connectivity index (χ3v) is 9.66. The molecule has 0 radical (unpaired) electrons. The van der Waals surface area contributed by atoms with Gasteiger partial charge in [-0.3, -0.25) is 15.0 Å². The summed E-state index contributed by atoms with van der Waals surface area (Å²) in [7, 11) is 0. The Balaban J connectivity index is 0.957. The molecule has 1 aliphatic carbocycles. The monoisotopic (exact) mass is 753 g/mol. The maximum atomic E-state index is 13.6. The number of anilines is 4. The van der Waals surface area contributed by atoms with Gasteiger partial charge in [0.25, 0.3) is 0 Å². The molecule has 8 rings (SSSR count). The van der Waals surface area contributed by atoms with E-state index in [4.69, 9.17) is 19.3 Å². The Hall–Kier alpha value is -6.38. The van der Waals surface area contributed by atoms with Gasteiger partial charge in [0, 0.05) is 78.7 Å². The predicted molar refractivity (Wildman–Crippen MR) is 214 cm³/mol. The standard InChI is InChI=1S/C42H43N9O5/c1-42(2,3)36-25-37(51(49-36)30-10-13-38(44-26-30)55-21-18-50-16-19-54-20-17-50)47-41(53)46-34-11-12-35(33-7-5-4-6-32(33)34)56-39-14-15-43-40(48-39)45-29-9-8-27-23-31(52)24-28(27)22-29/h4-15,22,25-26H,16-21,23-24H2,1-3H3,(H,43,45,48)(H2,46,47,53). The molecule has 1 aliphatic heterocycles. The number of urea groups is 1. The zero-order valence-electron chi connectivity index (χ0n) is 31.5. The van der Waals surface area contributed by atoms with Crippen LogP contribution >= 0.6 is 0 Å². The van der Waals surface area contributed by atoms with Gasteiger partial charge in [-0.05, 0) is 41.5 Å². The average molecular weight is 754 g/mol. The Morgan fingerprint density at radius 3 is 2.50 bits per heavy atom. The minimum absolute atomic E-state index is 0.219. The molecular weight excluding hydrogens is 711 g/mol. The van der Waals surface area contributed by atoms with Gasteiger partial charge in [-0.2, -0.15) is 10.1 Å². The van der Waals surface area contributed by atoms with Gasteiger partial charge in [0.1, 0.15) is 24.0 Å². The van der Waals surface area contributed by atoms with Crippen LogP contribution in [0.2, 0.25) is 0 Å². The number of carbonyl (C=O) groups excluding carboxylic acids is 2. The maximum Gasteiger partial charge on any atom is 0.324 e. The van der Waals surface area contributed by atoms with Crippen LogP contribution in [-0.4, -0.2) is 80.9 Å². The number of hydrogen-bond acceptors (Lipinski definition) is 11. The zero-order chi connectivity index (χ0) is 38.6. The number of ketones is 1. The number of benzene rings is 3. The lowest BCUT2D eigenvalue weighted by molar-refractivity contribution is -0.117. The largest absolute Gasteiger partial charge is 0.476 e. The number of nitrogens with one attached hydrogen (secondary N) is 3. The van der Waals surface area contributed by atoms with E-state index in [2.05, 4.69) is 56.6 Å². The van der Waals surface area contributed by atoms with Gasteiger partial charge in [0.05, 0.1) is 36.5 Å². The van der Waals surface area contributed by atoms with Crippen LogP contribution in [0.15, 0.2) is 91.3 Å². The minimum atomic E-state index is -0.441. The number of morpholine rings is 1. The summed E-state index contributed by atoms with van der Waals surface area (Å²) in [5.41, 5.74) is 4.67. The summed E-state index contributed by atoms with van der Waals surface area (Å²) in [5, 5.41) is 15.6. The molecule has 0 saturated carbocycles. The van der Waals surface area contributed by atoms with E-state index >= 15 is 0 Å². The highest BCUT2D eigenvalue weighted by Gasteiger charge is 2.23. The second-order valence-electron chi connectivity index (χ2n) is 14.8. The Kier molecular flexibility index (Phi) is 10.3. The lowest BCUT2D eigenvalue weighted by Gasteiger charge is -2.26. The number of nitrogens with zero attached hydrogens (tertiary/aromatic N) is 6. The molecule has 0 bridgehead atoms. The summed E-state index contributed by atoms with van der Waals surface area (Å²) in [6.07, 6.45) is 4.22. The third-order valence-electron chi connectivity index (χ3n) is 9.66. The average Bonchev–Trinajstić information content (AvgIpc) is 3.79. The fraction of sp³-hybridized carbons (Fsp3) is 0.286. The van der Waals surface area contributed by atoms with E-state index in [1.54, 1.807) is 35.3 Å². The van der Waals surface area contributed by atoms with Crippen molar-refractivity contribution < 1.29 is 23.8 Å². The third kappa shape index (κ3) is 8.46. The van der Waals surface area contributed by atoms with Gasteiger partial charge < -0.3 is 24.8 Å². The first-order valence-electron chi connectivity index (χ1n) is 18.7. The fourth-order valence-electron chi connectivity index (χ4n) is 6.69. The van der Waals surface area contributed by atoms with Gasteiger partial charge in [-0.25, -0.2) is 19.4 Å². The lowest BCUT2D eigenvalue weighted by Crippen LogP contribution is -2.38. The van der Waals surface area contributed by atoms with E-state index < -0.39 is 6.03 Å². The molecule has 1 saturated heterocycles. The maximum absolute atomic E-state index is 13.6. The number of ether oxygens (including phenoxy) is 3. The van der Waals surface area contributed by atoms with Crippen LogP contribution < -0.4 is 25.4 Å². The Morgan fingerprint density at radius 1 is 0.875 bits per heavy atom. The minimum Gasteiger partial charge on any atom is -0.476 e. The molecule has 3 aromatic carbocycles. The van der Waals surface area contributed by atoms with Crippen molar-refractivity contribution in [3.05, 3.63) is 108 Å². The molecule has 2 aliphatic rings. The molecule has 2 amide bonds. The number of hydrogen-bond donors (Lipinski definition) is 3. The highest BCUT2D eigenvalue weighted by atomic mass is 16.5. The molecule has 1 fully saturated rings. The highest BCUT2D eigenvalue weighted by molar-refractivity contribution is 6.07. The fourth-order valence-corrected chi connectivity index (χ4v) is 6.69. The highest BCUT2D eigenvalue weighted by Crippen LogP contribution is 2.35. The van der Waals surface area contributed by atoms with Gasteiger partial charge >= 0.3 is 6.03 Å². The smallest absolute Gasteiger partial charge is 0.324 e. The second kappa shape index (κ2) is 15.8. The summed E-state index contributed by atoms with van der Waals surface area (Å²) in [5.74, 6) is 2.48. The summed E-state index contributed by atoms with van der Waals surface area (Å²) in [6.45, 7) is 10.8. The van der Waals surface area contributed by atoms with E-state index in [-0.39, 0.29) is 11.2 Å². The van der Waals surface area contributed by atoms with Crippen molar-refractivity contribution in [3.8, 4) is 23.2 Å². The van der Waals surface area contributed by atoms with E-state index in [9.17, 15) is 9.59 Å². The predicted octanol–water partition coefficient (Wildman–Crippen LogP) is 7.07. The number of aromatic nitrogens is 5. The molecular formula is C42H43N9O5. The van der Waals surface area contributed by atoms with Crippen LogP contribution in [0.25, 0.3) is 16.5 Å². The van der Waals surface area contributed by atoms with Gasteiger partial charge in [-0.15, -0.1) is 0 Å². The van der Waals surface area contributed by atoms with Crippen molar-refractivity contribution in [3.63, 3.8) is 0 Å². The van der Waals surface area contributed by atoms with Gasteiger partial charge in [0.2, 0.25) is 17.7 Å². The number of Topliss-reactive ketones (excluding diaryl/α,β-unsaturated/α-hetero) is 1. The summed E-state index contributed by atoms with van der Waals surface area (Å²) in [4.78, 5) is 41.3. The summed E-state index contributed by atoms with van der Waals surface area (Å²) < 4.78 is 19.3. The number of amides is 2. The molecule has 0 unspecified atom stereocenters. The molecule has 14 nitrogen and oxygen atoms in total. The normalized spacial score (nSPS) is 14.4. The van der Waals surface area contributed by atoms with Crippen molar-refractivity contribution in [2.24, 2.45) is 0 Å². The first-order chi connectivity index (χ1) is 27.1. The molecule has 3 aromatic heterocycles. The molecule has 0 atom stereocenters. The van der Waals surface area contributed by atoms with Crippen molar-refractivity contribution in [1.29, 1.82) is 0 Å². The van der Waals surface area contributed by atoms with E-state index in [0.29, 0.717) is 60.1 Å². The van der Waals surface area contributed by atoms with E-state index in [1.807, 2.05) is 60.7 Å². The van der Waals surface area contributed by atoms with Crippen LogP contribution in [0.3, 0.4) is 0 Å². The molecule has 0 spiro atoms. The lowest BCUT2D eigenvalue weighted by atomic mass is 9.92. The molecule has 286 valence electrons. The molecule has 6 aromatic rings. The van der Waals surface area contributed by atoms with Crippen LogP contribution in [0.4, 0.5) is 27.9 Å². The van der Waals surface area contributed by atoms with Crippen LogP contribution in [0, 0.1) is 0 Å².